The molecule has 0 fully saturated rings. The van der Waals surface area contributed by atoms with E-state index in [1.807, 2.05) is 43.3 Å². The van der Waals surface area contributed by atoms with Crippen molar-refractivity contribution in [1.82, 2.24) is 10.2 Å². The fourth-order valence-electron chi connectivity index (χ4n) is 2.49. The Balaban J connectivity index is 1.56. The summed E-state index contributed by atoms with van der Waals surface area (Å²) in [6.07, 6.45) is 0. The van der Waals surface area contributed by atoms with Crippen LogP contribution in [0.15, 0.2) is 46.8 Å². The van der Waals surface area contributed by atoms with Gasteiger partial charge in [0.15, 0.2) is 4.34 Å². The summed E-state index contributed by atoms with van der Waals surface area (Å²) in [6, 6.07) is 13.5. The number of carbonyl (C=O) groups is 1. The maximum absolute atomic E-state index is 12.3. The van der Waals surface area contributed by atoms with E-state index in [9.17, 15) is 4.79 Å². The van der Waals surface area contributed by atoms with Crippen molar-refractivity contribution in [3.63, 3.8) is 0 Å². The lowest BCUT2D eigenvalue weighted by Crippen LogP contribution is -2.14. The van der Waals surface area contributed by atoms with Crippen molar-refractivity contribution in [1.29, 1.82) is 0 Å². The Bertz CT molecular complexity index is 959. The molecule has 8 heteroatoms. The van der Waals surface area contributed by atoms with Gasteiger partial charge in [-0.05, 0) is 50.1 Å². The summed E-state index contributed by atoms with van der Waals surface area (Å²) in [4.78, 5) is 12.3. The molecular formula is C20H22N4O2S2. The second-order valence-electron chi connectivity index (χ2n) is 6.01. The summed E-state index contributed by atoms with van der Waals surface area (Å²) < 4.78 is 6.27. The van der Waals surface area contributed by atoms with Gasteiger partial charge in [0.1, 0.15) is 5.75 Å². The number of ether oxygens (including phenoxy) is 1. The van der Waals surface area contributed by atoms with Crippen LogP contribution in [0.1, 0.15) is 18.1 Å². The molecule has 0 bridgehead atoms. The second-order valence-corrected chi connectivity index (χ2v) is 8.21. The molecule has 1 aromatic heterocycles. The van der Waals surface area contributed by atoms with E-state index in [1.165, 1.54) is 34.2 Å². The minimum Gasteiger partial charge on any atom is -0.492 e. The van der Waals surface area contributed by atoms with Gasteiger partial charge in [-0.3, -0.25) is 4.79 Å². The van der Waals surface area contributed by atoms with Crippen LogP contribution in [0.2, 0.25) is 0 Å². The highest BCUT2D eigenvalue weighted by Crippen LogP contribution is 2.30. The lowest BCUT2D eigenvalue weighted by atomic mass is 10.1. The first kappa shape index (κ1) is 20.2. The van der Waals surface area contributed by atoms with Crippen molar-refractivity contribution < 1.29 is 9.53 Å². The van der Waals surface area contributed by atoms with Crippen molar-refractivity contribution in [2.75, 3.05) is 23.0 Å². The molecule has 1 heterocycles. The third-order valence-corrected chi connectivity index (χ3v) is 6.01. The number of anilines is 3. The molecule has 0 atom stereocenters. The van der Waals surface area contributed by atoms with Gasteiger partial charge in [0.25, 0.3) is 0 Å². The largest absolute Gasteiger partial charge is 0.492 e. The standard InChI is InChI=1S/C20H22N4O2S2/c1-4-26-17-11-6-5-9-16(17)21-18(25)12-27-20-24-23-19(28-20)22-15-10-7-8-13(2)14(15)3/h5-11H,4,12H2,1-3H3,(H,21,25)(H,22,23). The number of hydrogen-bond donors (Lipinski definition) is 2. The Morgan fingerprint density at radius 3 is 2.71 bits per heavy atom. The molecular weight excluding hydrogens is 392 g/mol. The summed E-state index contributed by atoms with van der Waals surface area (Å²) in [5.74, 6) is 0.800. The molecule has 0 saturated heterocycles. The Kier molecular flexibility index (Phi) is 6.89. The zero-order valence-electron chi connectivity index (χ0n) is 16.0. The number of hydrogen-bond acceptors (Lipinski definition) is 7. The predicted molar refractivity (Wildman–Crippen MR) is 116 cm³/mol. The fourth-order valence-corrected chi connectivity index (χ4v) is 4.05. The van der Waals surface area contributed by atoms with Crippen LogP contribution in [0.5, 0.6) is 5.75 Å². The van der Waals surface area contributed by atoms with Crippen LogP contribution in [0, 0.1) is 13.8 Å². The number of aromatic nitrogens is 2. The molecule has 2 aromatic carbocycles. The first-order valence-electron chi connectivity index (χ1n) is 8.88. The maximum Gasteiger partial charge on any atom is 0.234 e. The third-order valence-electron chi connectivity index (χ3n) is 4.04. The molecule has 0 aliphatic carbocycles. The number of rotatable bonds is 8. The average molecular weight is 415 g/mol. The molecule has 0 unspecified atom stereocenters. The van der Waals surface area contributed by atoms with Gasteiger partial charge in [0, 0.05) is 5.69 Å². The van der Waals surface area contributed by atoms with E-state index >= 15 is 0 Å². The van der Waals surface area contributed by atoms with E-state index in [4.69, 9.17) is 4.74 Å². The number of aryl methyl sites for hydroxylation is 1. The van der Waals surface area contributed by atoms with E-state index in [0.717, 1.165) is 10.0 Å². The molecule has 1 amide bonds. The minimum absolute atomic E-state index is 0.114. The summed E-state index contributed by atoms with van der Waals surface area (Å²) in [7, 11) is 0. The van der Waals surface area contributed by atoms with Gasteiger partial charge in [-0.15, -0.1) is 10.2 Å². The van der Waals surface area contributed by atoms with E-state index < -0.39 is 0 Å². The van der Waals surface area contributed by atoms with E-state index in [-0.39, 0.29) is 11.7 Å². The molecule has 0 aliphatic heterocycles. The number of amides is 1. The summed E-state index contributed by atoms with van der Waals surface area (Å²) in [5, 5.41) is 15.2. The van der Waals surface area contributed by atoms with Crippen molar-refractivity contribution in [2.45, 2.75) is 25.1 Å². The predicted octanol–water partition coefficient (Wildman–Crippen LogP) is 5.03. The van der Waals surface area contributed by atoms with Crippen molar-refractivity contribution in [2.24, 2.45) is 0 Å². The minimum atomic E-state index is -0.114. The van der Waals surface area contributed by atoms with E-state index in [0.29, 0.717) is 23.2 Å². The Morgan fingerprint density at radius 2 is 1.89 bits per heavy atom. The van der Waals surface area contributed by atoms with Gasteiger partial charge in [0.2, 0.25) is 11.0 Å². The lowest BCUT2D eigenvalue weighted by Gasteiger charge is -2.10. The molecule has 0 radical (unpaired) electrons. The van der Waals surface area contributed by atoms with Crippen LogP contribution in [0.4, 0.5) is 16.5 Å². The smallest absolute Gasteiger partial charge is 0.234 e. The van der Waals surface area contributed by atoms with Crippen LogP contribution in [-0.4, -0.2) is 28.5 Å². The summed E-state index contributed by atoms with van der Waals surface area (Å²) in [5.41, 5.74) is 4.08. The van der Waals surface area contributed by atoms with Crippen molar-refractivity contribution in [3.05, 3.63) is 53.6 Å². The molecule has 146 valence electrons. The van der Waals surface area contributed by atoms with Gasteiger partial charge in [0.05, 0.1) is 18.0 Å². The van der Waals surface area contributed by atoms with Crippen LogP contribution >= 0.6 is 23.1 Å². The van der Waals surface area contributed by atoms with E-state index in [1.54, 1.807) is 0 Å². The Hall–Kier alpha value is -2.58. The molecule has 2 N–H and O–H groups in total. The zero-order chi connectivity index (χ0) is 19.9. The Labute approximate surface area is 172 Å². The van der Waals surface area contributed by atoms with Crippen LogP contribution in [0.3, 0.4) is 0 Å². The number of thioether (sulfide) groups is 1. The molecule has 0 saturated carbocycles. The van der Waals surface area contributed by atoms with Gasteiger partial charge in [-0.25, -0.2) is 0 Å². The number of carbonyl (C=O) groups excluding carboxylic acids is 1. The number of para-hydroxylation sites is 2. The quantitative estimate of drug-likeness (QED) is 0.504. The topological polar surface area (TPSA) is 76.1 Å². The molecule has 3 aromatic rings. The van der Waals surface area contributed by atoms with Gasteiger partial charge >= 0.3 is 0 Å². The Morgan fingerprint density at radius 1 is 1.11 bits per heavy atom. The second kappa shape index (κ2) is 9.57. The molecule has 28 heavy (non-hydrogen) atoms. The number of nitrogens with one attached hydrogen (secondary N) is 2. The van der Waals surface area contributed by atoms with Crippen LogP contribution in [0.25, 0.3) is 0 Å². The van der Waals surface area contributed by atoms with E-state index in [2.05, 4.69) is 40.7 Å². The average Bonchev–Trinajstić information content (AvgIpc) is 3.13. The highest BCUT2D eigenvalue weighted by molar-refractivity contribution is 8.01. The maximum atomic E-state index is 12.3. The fraction of sp³-hybridized carbons (Fsp3) is 0.250. The number of benzene rings is 2. The SMILES string of the molecule is CCOc1ccccc1NC(=O)CSc1nnc(Nc2cccc(C)c2C)s1. The summed E-state index contributed by atoms with van der Waals surface area (Å²) >= 11 is 2.78. The first-order valence-corrected chi connectivity index (χ1v) is 10.7. The van der Waals surface area contributed by atoms with Crippen molar-refractivity contribution in [3.8, 4) is 5.75 Å². The monoisotopic (exact) mass is 414 g/mol. The number of nitrogens with zero attached hydrogens (tertiary/aromatic N) is 2. The summed E-state index contributed by atoms with van der Waals surface area (Å²) in [6.45, 7) is 6.60. The van der Waals surface area contributed by atoms with Crippen molar-refractivity contribution >= 4 is 45.5 Å². The highest BCUT2D eigenvalue weighted by atomic mass is 32.2. The molecule has 0 spiro atoms. The molecule has 0 aliphatic rings. The molecule has 6 nitrogen and oxygen atoms in total. The van der Waals surface area contributed by atoms with Gasteiger partial charge < -0.3 is 15.4 Å². The molecule has 3 rings (SSSR count). The lowest BCUT2D eigenvalue weighted by molar-refractivity contribution is -0.113. The first-order chi connectivity index (χ1) is 13.6. The normalized spacial score (nSPS) is 10.5. The highest BCUT2D eigenvalue weighted by Gasteiger charge is 2.11. The van der Waals surface area contributed by atoms with Crippen LogP contribution < -0.4 is 15.4 Å². The van der Waals surface area contributed by atoms with Crippen LogP contribution in [-0.2, 0) is 4.79 Å². The zero-order valence-corrected chi connectivity index (χ0v) is 17.6. The van der Waals surface area contributed by atoms with Gasteiger partial charge in [-0.2, -0.15) is 0 Å². The van der Waals surface area contributed by atoms with Gasteiger partial charge in [-0.1, -0.05) is 47.4 Å². The third kappa shape index (κ3) is 5.24.